The summed E-state index contributed by atoms with van der Waals surface area (Å²) in [5, 5.41) is 9.18. The van der Waals surface area contributed by atoms with E-state index >= 15 is 0 Å². The largest absolute Gasteiger partial charge is 0.493 e. The zero-order valence-corrected chi connectivity index (χ0v) is 20.4. The van der Waals surface area contributed by atoms with Crippen LogP contribution in [0.15, 0.2) is 42.5 Å². The lowest BCUT2D eigenvalue weighted by molar-refractivity contribution is 0.0926. The average molecular weight is 488 g/mol. The minimum Gasteiger partial charge on any atom is -0.493 e. The number of carbonyl (C=O) groups is 2. The monoisotopic (exact) mass is 487 g/mol. The first-order valence-corrected chi connectivity index (χ1v) is 12.2. The average Bonchev–Trinajstić information content (AvgIpc) is 2.81. The number of rotatable bonds is 8. The molecule has 0 aromatic heterocycles. The Morgan fingerprint density at radius 2 is 1.82 bits per heavy atom. The van der Waals surface area contributed by atoms with Gasteiger partial charge in [-0.2, -0.15) is 0 Å². The van der Waals surface area contributed by atoms with E-state index in [1.807, 2.05) is 6.07 Å². The summed E-state index contributed by atoms with van der Waals surface area (Å²) in [7, 11) is 0. The van der Waals surface area contributed by atoms with Crippen molar-refractivity contribution < 1.29 is 14.3 Å². The van der Waals surface area contributed by atoms with Crippen molar-refractivity contribution in [2.45, 2.75) is 57.9 Å². The minimum atomic E-state index is -0.371. The van der Waals surface area contributed by atoms with Gasteiger partial charge >= 0.3 is 0 Å². The van der Waals surface area contributed by atoms with Gasteiger partial charge in [0.25, 0.3) is 11.8 Å². The molecule has 6 nitrogen and oxygen atoms in total. The molecule has 0 heterocycles. The van der Waals surface area contributed by atoms with Crippen molar-refractivity contribution in [2.24, 2.45) is 0 Å². The quantitative estimate of drug-likeness (QED) is 0.328. The van der Waals surface area contributed by atoms with Crippen molar-refractivity contribution in [3.63, 3.8) is 0 Å². The fourth-order valence-corrected chi connectivity index (χ4v) is 4.14. The van der Waals surface area contributed by atoms with E-state index in [2.05, 4.69) is 22.9 Å². The van der Waals surface area contributed by atoms with Crippen molar-refractivity contribution in [1.29, 1.82) is 0 Å². The van der Waals surface area contributed by atoms with Crippen molar-refractivity contribution >= 4 is 46.4 Å². The van der Waals surface area contributed by atoms with Crippen LogP contribution >= 0.6 is 23.8 Å². The highest BCUT2D eigenvalue weighted by molar-refractivity contribution is 7.80. The molecule has 0 unspecified atom stereocenters. The maximum atomic E-state index is 12.7. The van der Waals surface area contributed by atoms with Gasteiger partial charge in [0.2, 0.25) is 0 Å². The summed E-state index contributed by atoms with van der Waals surface area (Å²) in [6.45, 7) is 2.62. The Morgan fingerprint density at radius 1 is 1.06 bits per heavy atom. The summed E-state index contributed by atoms with van der Waals surface area (Å²) < 4.78 is 5.73. The molecule has 1 aliphatic rings. The Morgan fingerprint density at radius 3 is 2.58 bits per heavy atom. The number of hydrogen-bond donors (Lipinski definition) is 3. The molecule has 3 N–H and O–H groups in total. The molecule has 2 aromatic rings. The van der Waals surface area contributed by atoms with E-state index in [1.54, 1.807) is 36.4 Å². The molecule has 0 bridgehead atoms. The first kappa shape index (κ1) is 25.0. The summed E-state index contributed by atoms with van der Waals surface area (Å²) >= 11 is 11.6. The molecule has 0 spiro atoms. The summed E-state index contributed by atoms with van der Waals surface area (Å²) in [6.07, 6.45) is 7.35. The van der Waals surface area contributed by atoms with Gasteiger partial charge in [-0.15, -0.1) is 0 Å². The van der Waals surface area contributed by atoms with Gasteiger partial charge in [0.15, 0.2) is 5.11 Å². The normalized spacial score (nSPS) is 13.8. The minimum absolute atomic E-state index is 0.115. The fraction of sp³-hybridized carbons (Fsp3) is 0.400. The third-order valence-electron chi connectivity index (χ3n) is 5.52. The number of para-hydroxylation sites is 1. The third-order valence-corrected chi connectivity index (χ3v) is 6.06. The second-order valence-corrected chi connectivity index (χ2v) is 8.92. The van der Waals surface area contributed by atoms with Crippen LogP contribution in [0.25, 0.3) is 0 Å². The predicted molar refractivity (Wildman–Crippen MR) is 136 cm³/mol. The van der Waals surface area contributed by atoms with E-state index in [1.165, 1.54) is 6.42 Å². The van der Waals surface area contributed by atoms with Crippen LogP contribution in [-0.4, -0.2) is 29.6 Å². The van der Waals surface area contributed by atoms with Gasteiger partial charge in [-0.3, -0.25) is 14.9 Å². The summed E-state index contributed by atoms with van der Waals surface area (Å²) in [4.78, 5) is 25.5. The Kier molecular flexibility index (Phi) is 9.51. The number of benzene rings is 2. The zero-order valence-electron chi connectivity index (χ0n) is 18.8. The molecule has 33 heavy (non-hydrogen) atoms. The van der Waals surface area contributed by atoms with Crippen molar-refractivity contribution in [1.82, 2.24) is 10.6 Å². The van der Waals surface area contributed by atoms with E-state index < -0.39 is 0 Å². The van der Waals surface area contributed by atoms with Gasteiger partial charge in [-0.25, -0.2) is 0 Å². The van der Waals surface area contributed by atoms with E-state index in [9.17, 15) is 9.59 Å². The Hall–Kier alpha value is -2.64. The molecular formula is C25H30ClN3O3S. The Labute approximate surface area is 205 Å². The van der Waals surface area contributed by atoms with Crippen LogP contribution < -0.4 is 20.7 Å². The Balaban J connectivity index is 1.62. The second-order valence-electron chi connectivity index (χ2n) is 8.11. The lowest BCUT2D eigenvalue weighted by Gasteiger charge is -2.23. The third kappa shape index (κ3) is 7.44. The summed E-state index contributed by atoms with van der Waals surface area (Å²) in [5.74, 6) is -0.0631. The number of anilines is 1. The van der Waals surface area contributed by atoms with E-state index in [4.69, 9.17) is 28.6 Å². The summed E-state index contributed by atoms with van der Waals surface area (Å²) in [6, 6.07) is 12.2. The van der Waals surface area contributed by atoms with Crippen molar-refractivity contribution in [2.75, 3.05) is 11.9 Å². The molecule has 3 rings (SSSR count). The van der Waals surface area contributed by atoms with E-state index in [0.29, 0.717) is 34.2 Å². The molecule has 2 amide bonds. The zero-order chi connectivity index (χ0) is 23.6. The summed E-state index contributed by atoms with van der Waals surface area (Å²) in [5.41, 5.74) is 1.34. The predicted octanol–water partition coefficient (Wildman–Crippen LogP) is 5.71. The van der Waals surface area contributed by atoms with Crippen LogP contribution in [0.2, 0.25) is 5.02 Å². The fourth-order valence-electron chi connectivity index (χ4n) is 3.73. The second kappa shape index (κ2) is 12.6. The topological polar surface area (TPSA) is 79.5 Å². The van der Waals surface area contributed by atoms with Crippen LogP contribution in [0.5, 0.6) is 5.75 Å². The van der Waals surface area contributed by atoms with Gasteiger partial charge in [0.1, 0.15) is 5.75 Å². The van der Waals surface area contributed by atoms with Crippen LogP contribution in [0.4, 0.5) is 5.69 Å². The SMILES string of the molecule is CCCCOc1ccccc1C(=O)NC(=S)Nc1ccc(Cl)c(C(=O)NC2CCCCC2)c1. The van der Waals surface area contributed by atoms with Gasteiger partial charge in [0, 0.05) is 11.7 Å². The molecule has 1 aliphatic carbocycles. The number of ether oxygens (including phenoxy) is 1. The van der Waals surface area contributed by atoms with Gasteiger partial charge in [0.05, 0.1) is 22.8 Å². The maximum absolute atomic E-state index is 12.7. The first-order chi connectivity index (χ1) is 16.0. The molecule has 0 aliphatic heterocycles. The van der Waals surface area contributed by atoms with Crippen LogP contribution in [0.1, 0.15) is 72.6 Å². The maximum Gasteiger partial charge on any atom is 0.261 e. The number of carbonyl (C=O) groups excluding carboxylic acids is 2. The van der Waals surface area contributed by atoms with Crippen LogP contribution in [0.3, 0.4) is 0 Å². The number of thiocarbonyl (C=S) groups is 1. The first-order valence-electron chi connectivity index (χ1n) is 11.4. The lowest BCUT2D eigenvalue weighted by Crippen LogP contribution is -2.36. The Bertz CT molecular complexity index is 993. The molecule has 1 fully saturated rings. The molecule has 8 heteroatoms. The number of hydrogen-bond acceptors (Lipinski definition) is 4. The van der Waals surface area contributed by atoms with Gasteiger partial charge < -0.3 is 15.4 Å². The highest BCUT2D eigenvalue weighted by Crippen LogP contribution is 2.23. The highest BCUT2D eigenvalue weighted by Gasteiger charge is 2.19. The molecule has 1 saturated carbocycles. The molecular weight excluding hydrogens is 458 g/mol. The number of halogens is 1. The van der Waals surface area contributed by atoms with Crippen LogP contribution in [-0.2, 0) is 0 Å². The molecule has 2 aromatic carbocycles. The number of nitrogens with one attached hydrogen (secondary N) is 3. The molecule has 0 atom stereocenters. The standard InChI is InChI=1S/C25H30ClN3O3S/c1-2-3-15-32-22-12-8-7-11-19(22)23(30)29-25(33)28-18-13-14-21(26)20(16-18)24(31)27-17-9-5-4-6-10-17/h7-8,11-14,16-17H,2-6,9-10,15H2,1H3,(H,27,31)(H2,28,29,30,33). The lowest BCUT2D eigenvalue weighted by atomic mass is 9.95. The number of amides is 2. The molecule has 0 radical (unpaired) electrons. The van der Waals surface area contributed by atoms with Crippen molar-refractivity contribution in [3.8, 4) is 5.75 Å². The van der Waals surface area contributed by atoms with E-state index in [-0.39, 0.29) is 23.0 Å². The van der Waals surface area contributed by atoms with Gasteiger partial charge in [-0.05, 0) is 61.8 Å². The van der Waals surface area contributed by atoms with Gasteiger partial charge in [-0.1, -0.05) is 56.3 Å². The highest BCUT2D eigenvalue weighted by atomic mass is 35.5. The smallest absolute Gasteiger partial charge is 0.261 e. The van der Waals surface area contributed by atoms with Crippen molar-refractivity contribution in [3.05, 3.63) is 58.6 Å². The molecule has 176 valence electrons. The molecule has 0 saturated heterocycles. The van der Waals surface area contributed by atoms with Crippen LogP contribution in [0, 0.1) is 0 Å². The number of unbranched alkanes of at least 4 members (excludes halogenated alkanes) is 1. The van der Waals surface area contributed by atoms with E-state index in [0.717, 1.165) is 38.5 Å².